The molecule has 0 bridgehead atoms. The van der Waals surface area contributed by atoms with Crippen molar-refractivity contribution < 1.29 is 9.84 Å². The number of aryl methyl sites for hydroxylation is 2. The fraction of sp³-hybridized carbons (Fsp3) is 0.200. The molecule has 20 heavy (non-hydrogen) atoms. The van der Waals surface area contributed by atoms with Crippen LogP contribution in [0, 0.1) is 13.8 Å². The molecule has 2 aromatic heterocycles. The van der Waals surface area contributed by atoms with Crippen LogP contribution in [0.4, 0.5) is 0 Å². The molecular formula is C15H15N3O2. The highest BCUT2D eigenvalue weighted by Crippen LogP contribution is 2.34. The van der Waals surface area contributed by atoms with Crippen molar-refractivity contribution in [2.24, 2.45) is 0 Å². The summed E-state index contributed by atoms with van der Waals surface area (Å²) in [6, 6.07) is 9.91. The van der Waals surface area contributed by atoms with Gasteiger partial charge < -0.3 is 9.84 Å². The van der Waals surface area contributed by atoms with E-state index < -0.39 is 0 Å². The van der Waals surface area contributed by atoms with Gasteiger partial charge in [0.15, 0.2) is 0 Å². The lowest BCUT2D eigenvalue weighted by molar-refractivity contribution is 0.415. The lowest BCUT2D eigenvalue weighted by Crippen LogP contribution is -1.91. The molecule has 2 heterocycles. The van der Waals surface area contributed by atoms with Crippen molar-refractivity contribution in [1.29, 1.82) is 0 Å². The van der Waals surface area contributed by atoms with Gasteiger partial charge in [-0.3, -0.25) is 0 Å². The van der Waals surface area contributed by atoms with Crippen molar-refractivity contribution in [2.45, 2.75) is 13.8 Å². The minimum absolute atomic E-state index is 0.322. The van der Waals surface area contributed by atoms with Gasteiger partial charge in [0.2, 0.25) is 0 Å². The van der Waals surface area contributed by atoms with Gasteiger partial charge in [-0.2, -0.15) is 0 Å². The molecule has 0 unspecified atom stereocenters. The standard InChI is InChI=1S/C15H15N3O2/c1-9-6-10(2)15(19)14(7-9)18-16-12-5-4-11(20-3)8-13(12)17(16)18/h4-8,19H,1-3H3. The Labute approximate surface area is 115 Å². The monoisotopic (exact) mass is 269 g/mol. The largest absolute Gasteiger partial charge is 0.505 e. The fourth-order valence-electron chi connectivity index (χ4n) is 2.74. The molecule has 0 aliphatic heterocycles. The predicted molar refractivity (Wildman–Crippen MR) is 76.6 cm³/mol. The maximum Gasteiger partial charge on any atom is 0.146 e. The third-order valence-corrected chi connectivity index (χ3v) is 3.76. The molecule has 0 spiro atoms. The van der Waals surface area contributed by atoms with Crippen LogP contribution < -0.4 is 4.74 Å². The fourth-order valence-corrected chi connectivity index (χ4v) is 2.74. The topological polar surface area (TPSA) is 43.2 Å². The normalized spacial score (nSPS) is 11.9. The SMILES string of the molecule is COc1ccc2c(c1)n1n(-c3cc(C)cc(C)c3O)n21. The van der Waals surface area contributed by atoms with Crippen LogP contribution in [0.3, 0.4) is 0 Å². The molecule has 5 heteroatoms. The van der Waals surface area contributed by atoms with Gasteiger partial charge in [-0.25, -0.2) is 0 Å². The maximum atomic E-state index is 10.3. The van der Waals surface area contributed by atoms with Crippen LogP contribution in [0.5, 0.6) is 11.5 Å². The van der Waals surface area contributed by atoms with Gasteiger partial charge in [-0.05, 0) is 43.2 Å². The molecule has 0 saturated carbocycles. The predicted octanol–water partition coefficient (Wildman–Crippen LogP) is 2.75. The van der Waals surface area contributed by atoms with Gasteiger partial charge in [-0.1, -0.05) is 6.07 Å². The van der Waals surface area contributed by atoms with Crippen LogP contribution in [0.25, 0.3) is 16.7 Å². The quantitative estimate of drug-likeness (QED) is 0.608. The number of hydrogen-bond acceptors (Lipinski definition) is 2. The number of benzene rings is 2. The lowest BCUT2D eigenvalue weighted by Gasteiger charge is -2.04. The number of nitrogens with zero attached hydrogens (tertiary/aromatic N) is 3. The summed E-state index contributed by atoms with van der Waals surface area (Å²) < 4.78 is 9.26. The smallest absolute Gasteiger partial charge is 0.146 e. The molecule has 0 amide bonds. The molecule has 0 saturated heterocycles. The van der Waals surface area contributed by atoms with Crippen LogP contribution >= 0.6 is 0 Å². The zero-order chi connectivity index (χ0) is 14.0. The number of hydrogen-bond donors (Lipinski definition) is 1. The van der Waals surface area contributed by atoms with E-state index in [-0.39, 0.29) is 0 Å². The number of aromatic nitrogens is 3. The second-order valence-electron chi connectivity index (χ2n) is 5.17. The van der Waals surface area contributed by atoms with Gasteiger partial charge in [-0.15, -0.1) is 14.1 Å². The Hall–Kier alpha value is -2.56. The molecule has 4 aromatic rings. The van der Waals surface area contributed by atoms with Crippen molar-refractivity contribution >= 4 is 11.0 Å². The Morgan fingerprint density at radius 2 is 1.75 bits per heavy atom. The van der Waals surface area contributed by atoms with Crippen molar-refractivity contribution in [1.82, 2.24) is 14.1 Å². The summed E-state index contributed by atoms with van der Waals surface area (Å²) in [5.41, 5.74) is 5.02. The molecule has 2 aromatic carbocycles. The number of fused-ring (bicyclic) bond motifs is 4. The van der Waals surface area contributed by atoms with E-state index in [4.69, 9.17) is 4.74 Å². The highest BCUT2D eigenvalue weighted by Gasteiger charge is 2.26. The first-order chi connectivity index (χ1) is 9.61. The molecule has 0 aliphatic rings. The van der Waals surface area contributed by atoms with E-state index in [1.165, 1.54) is 0 Å². The highest BCUT2D eigenvalue weighted by molar-refractivity contribution is 5.81. The average Bonchev–Trinajstić information content (AvgIpc) is 3.08. The molecule has 4 rings (SSSR count). The van der Waals surface area contributed by atoms with E-state index in [9.17, 15) is 5.11 Å². The summed E-state index contributed by atoms with van der Waals surface area (Å²) in [6.07, 6.45) is 0. The summed E-state index contributed by atoms with van der Waals surface area (Å²) >= 11 is 0. The third kappa shape index (κ3) is 1.27. The summed E-state index contributed by atoms with van der Waals surface area (Å²) in [5, 5.41) is 10.3. The number of aromatic hydroxyl groups is 1. The van der Waals surface area contributed by atoms with Gasteiger partial charge >= 0.3 is 0 Å². The van der Waals surface area contributed by atoms with Crippen molar-refractivity contribution in [3.63, 3.8) is 0 Å². The highest BCUT2D eigenvalue weighted by atomic mass is 16.5. The van der Waals surface area contributed by atoms with Crippen LogP contribution in [0.15, 0.2) is 30.3 Å². The Morgan fingerprint density at radius 3 is 2.50 bits per heavy atom. The van der Waals surface area contributed by atoms with E-state index in [1.54, 1.807) is 7.11 Å². The Bertz CT molecular complexity index is 926. The Kier molecular flexibility index (Phi) is 1.98. The molecule has 5 nitrogen and oxygen atoms in total. The first-order valence-electron chi connectivity index (χ1n) is 6.50. The first kappa shape index (κ1) is 11.3. The first-order valence-corrected chi connectivity index (χ1v) is 6.50. The average molecular weight is 269 g/mol. The Balaban J connectivity index is 1.94. The minimum Gasteiger partial charge on any atom is -0.505 e. The van der Waals surface area contributed by atoms with Crippen LogP contribution in [0.1, 0.15) is 11.1 Å². The summed E-state index contributed by atoms with van der Waals surface area (Å²) in [7, 11) is 1.66. The molecule has 1 N–H and O–H groups in total. The van der Waals surface area contributed by atoms with Gasteiger partial charge in [0.1, 0.15) is 28.2 Å². The second kappa shape index (κ2) is 3.50. The second-order valence-corrected chi connectivity index (χ2v) is 5.17. The molecule has 0 aliphatic carbocycles. The van der Waals surface area contributed by atoms with Crippen LogP contribution in [0.2, 0.25) is 0 Å². The van der Waals surface area contributed by atoms with Crippen molar-refractivity contribution in [3.05, 3.63) is 41.5 Å². The van der Waals surface area contributed by atoms with Gasteiger partial charge in [0, 0.05) is 6.07 Å². The zero-order valence-corrected chi connectivity index (χ0v) is 11.6. The van der Waals surface area contributed by atoms with E-state index in [0.717, 1.165) is 33.6 Å². The summed E-state index contributed by atoms with van der Waals surface area (Å²) in [5.74, 6) is 1.16. The minimum atomic E-state index is 0.322. The van der Waals surface area contributed by atoms with Gasteiger partial charge in [0.25, 0.3) is 0 Å². The van der Waals surface area contributed by atoms with E-state index >= 15 is 0 Å². The third-order valence-electron chi connectivity index (χ3n) is 3.76. The number of rotatable bonds is 2. The molecule has 0 atom stereocenters. The number of methoxy groups -OCH3 is 1. The molecule has 0 radical (unpaired) electrons. The lowest BCUT2D eigenvalue weighted by atomic mass is 10.1. The van der Waals surface area contributed by atoms with Crippen LogP contribution in [-0.4, -0.2) is 26.3 Å². The number of phenols is 1. The molecule has 102 valence electrons. The summed E-state index contributed by atoms with van der Waals surface area (Å²) in [6.45, 7) is 3.94. The number of phenolic OH excluding ortho intramolecular Hbond substituents is 1. The van der Waals surface area contributed by atoms with Crippen molar-refractivity contribution in [3.8, 4) is 17.2 Å². The maximum absolute atomic E-state index is 10.3. The molecule has 0 fully saturated rings. The van der Waals surface area contributed by atoms with Crippen LogP contribution in [-0.2, 0) is 0 Å². The van der Waals surface area contributed by atoms with Crippen molar-refractivity contribution in [2.75, 3.05) is 7.11 Å². The summed E-state index contributed by atoms with van der Waals surface area (Å²) in [4.78, 5) is 1.96. The van der Waals surface area contributed by atoms with E-state index in [2.05, 4.69) is 0 Å². The zero-order valence-electron chi connectivity index (χ0n) is 11.6. The van der Waals surface area contributed by atoms with Gasteiger partial charge in [0.05, 0.1) is 7.11 Å². The van der Waals surface area contributed by atoms with E-state index in [0.29, 0.717) is 5.75 Å². The number of ether oxygens (including phenoxy) is 1. The Morgan fingerprint density at radius 1 is 1.00 bits per heavy atom. The van der Waals surface area contributed by atoms with E-state index in [1.807, 2.05) is 58.2 Å². The molecular weight excluding hydrogens is 254 g/mol.